The van der Waals surface area contributed by atoms with E-state index in [-0.39, 0.29) is 11.3 Å². The Kier molecular flexibility index (Phi) is 5.45. The normalized spacial score (nSPS) is 20.4. The van der Waals surface area contributed by atoms with Gasteiger partial charge in [0.25, 0.3) is 0 Å². The second kappa shape index (κ2) is 6.76. The van der Waals surface area contributed by atoms with E-state index in [2.05, 4.69) is 31.9 Å². The molecule has 1 fully saturated rings. The molecule has 5 nitrogen and oxygen atoms in total. The van der Waals surface area contributed by atoms with Crippen LogP contribution in [0.15, 0.2) is 32.0 Å². The third-order valence-corrected chi connectivity index (χ3v) is 6.89. The molecule has 0 spiro atoms. The topological polar surface area (TPSA) is 74.7 Å². The Balaban J connectivity index is 2.38. The molecule has 8 heteroatoms. The SMILES string of the molecule is O=C(O)CC1CCCCN1S(=O)(=O)c1ccc(Br)cc1Br. The fourth-order valence-corrected chi connectivity index (χ4v) is 5.91. The molecule has 21 heavy (non-hydrogen) atoms. The zero-order valence-corrected chi connectivity index (χ0v) is 15.1. The zero-order chi connectivity index (χ0) is 15.6. The number of aliphatic carboxylic acids is 1. The highest BCUT2D eigenvalue weighted by atomic mass is 79.9. The number of hydrogen-bond acceptors (Lipinski definition) is 3. The van der Waals surface area contributed by atoms with Crippen LogP contribution in [0.4, 0.5) is 0 Å². The van der Waals surface area contributed by atoms with Gasteiger partial charge in [0.1, 0.15) is 0 Å². The van der Waals surface area contributed by atoms with Gasteiger partial charge in [0.2, 0.25) is 10.0 Å². The Bertz CT molecular complexity index is 648. The van der Waals surface area contributed by atoms with E-state index in [4.69, 9.17) is 5.11 Å². The summed E-state index contributed by atoms with van der Waals surface area (Å²) in [4.78, 5) is 11.1. The standard InChI is InChI=1S/C13H15Br2NO4S/c14-9-4-5-12(11(15)7-9)21(19,20)16-6-2-1-3-10(16)8-13(17)18/h4-5,7,10H,1-3,6,8H2,(H,17,18). The fraction of sp³-hybridized carbons (Fsp3) is 0.462. The maximum atomic E-state index is 12.8. The van der Waals surface area contributed by atoms with Crippen molar-refractivity contribution >= 4 is 47.9 Å². The number of sulfonamides is 1. The first-order chi connectivity index (χ1) is 9.82. The van der Waals surface area contributed by atoms with Gasteiger partial charge in [-0.05, 0) is 47.0 Å². The third-order valence-electron chi connectivity index (χ3n) is 3.46. The summed E-state index contributed by atoms with van der Waals surface area (Å²) in [6, 6.07) is 4.38. The number of benzene rings is 1. The summed E-state index contributed by atoms with van der Waals surface area (Å²) < 4.78 is 28.2. The average molecular weight is 441 g/mol. The lowest BCUT2D eigenvalue weighted by atomic mass is 10.0. The zero-order valence-electron chi connectivity index (χ0n) is 11.1. The molecule has 1 unspecified atom stereocenters. The van der Waals surface area contributed by atoms with Gasteiger partial charge in [0.05, 0.1) is 11.3 Å². The summed E-state index contributed by atoms with van der Waals surface area (Å²) in [6.45, 7) is 0.364. The van der Waals surface area contributed by atoms with Gasteiger partial charge in [-0.3, -0.25) is 4.79 Å². The minimum Gasteiger partial charge on any atom is -0.481 e. The van der Waals surface area contributed by atoms with Crippen LogP contribution >= 0.6 is 31.9 Å². The smallest absolute Gasteiger partial charge is 0.304 e. The van der Waals surface area contributed by atoms with Crippen molar-refractivity contribution in [2.24, 2.45) is 0 Å². The van der Waals surface area contributed by atoms with Crippen LogP contribution in [0.5, 0.6) is 0 Å². The van der Waals surface area contributed by atoms with Crippen LogP contribution in [-0.2, 0) is 14.8 Å². The van der Waals surface area contributed by atoms with Crippen molar-refractivity contribution in [3.05, 3.63) is 27.1 Å². The average Bonchev–Trinajstić information content (AvgIpc) is 2.37. The van der Waals surface area contributed by atoms with Crippen molar-refractivity contribution in [3.8, 4) is 0 Å². The first-order valence-corrected chi connectivity index (χ1v) is 9.53. The number of carbonyl (C=O) groups is 1. The molecule has 0 aliphatic carbocycles. The van der Waals surface area contributed by atoms with E-state index in [1.54, 1.807) is 12.1 Å². The number of nitrogens with zero attached hydrogens (tertiary/aromatic N) is 1. The molecule has 0 radical (unpaired) electrons. The molecule has 0 aromatic heterocycles. The van der Waals surface area contributed by atoms with Crippen LogP contribution in [0.2, 0.25) is 0 Å². The Morgan fingerprint density at radius 2 is 2.05 bits per heavy atom. The summed E-state index contributed by atoms with van der Waals surface area (Å²) in [6.07, 6.45) is 2.03. The van der Waals surface area contributed by atoms with Crippen LogP contribution in [0.25, 0.3) is 0 Å². The van der Waals surface area contributed by atoms with E-state index < -0.39 is 22.0 Å². The van der Waals surface area contributed by atoms with Crippen molar-refractivity contribution < 1.29 is 18.3 Å². The van der Waals surface area contributed by atoms with E-state index in [1.165, 1.54) is 10.4 Å². The summed E-state index contributed by atoms with van der Waals surface area (Å²) in [5, 5.41) is 8.97. The van der Waals surface area contributed by atoms with E-state index in [0.717, 1.165) is 17.3 Å². The van der Waals surface area contributed by atoms with E-state index in [0.29, 0.717) is 17.4 Å². The van der Waals surface area contributed by atoms with Crippen molar-refractivity contribution in [1.82, 2.24) is 4.31 Å². The molecule has 1 aromatic carbocycles. The predicted octanol–water partition coefficient (Wildman–Crippen LogP) is 3.23. The second-order valence-corrected chi connectivity index (χ2v) is 8.57. The van der Waals surface area contributed by atoms with Crippen LogP contribution in [0.1, 0.15) is 25.7 Å². The Labute approximate surface area is 140 Å². The van der Waals surface area contributed by atoms with Gasteiger partial charge in [-0.25, -0.2) is 8.42 Å². The molecule has 0 amide bonds. The Morgan fingerprint density at radius 3 is 2.67 bits per heavy atom. The van der Waals surface area contributed by atoms with Gasteiger partial charge >= 0.3 is 5.97 Å². The highest BCUT2D eigenvalue weighted by Gasteiger charge is 2.35. The highest BCUT2D eigenvalue weighted by molar-refractivity contribution is 9.11. The van der Waals surface area contributed by atoms with Gasteiger partial charge in [-0.2, -0.15) is 4.31 Å². The van der Waals surface area contributed by atoms with E-state index >= 15 is 0 Å². The van der Waals surface area contributed by atoms with Gasteiger partial charge in [0.15, 0.2) is 0 Å². The Morgan fingerprint density at radius 1 is 1.33 bits per heavy atom. The summed E-state index contributed by atoms with van der Waals surface area (Å²) in [5.41, 5.74) is 0. The maximum Gasteiger partial charge on any atom is 0.304 e. The molecule has 2 rings (SSSR count). The highest BCUT2D eigenvalue weighted by Crippen LogP contribution is 2.32. The van der Waals surface area contributed by atoms with Crippen LogP contribution in [0, 0.1) is 0 Å². The molecule has 1 aliphatic rings. The largest absolute Gasteiger partial charge is 0.481 e. The van der Waals surface area contributed by atoms with Gasteiger partial charge < -0.3 is 5.11 Å². The van der Waals surface area contributed by atoms with Crippen molar-refractivity contribution in [1.29, 1.82) is 0 Å². The molecule has 1 aromatic rings. The van der Waals surface area contributed by atoms with Gasteiger partial charge in [-0.1, -0.05) is 22.4 Å². The number of rotatable bonds is 4. The van der Waals surface area contributed by atoms with E-state index in [9.17, 15) is 13.2 Å². The third kappa shape index (κ3) is 3.85. The summed E-state index contributed by atoms with van der Waals surface area (Å²) in [7, 11) is -3.70. The minimum absolute atomic E-state index is 0.159. The number of carboxylic acids is 1. The molecule has 1 atom stereocenters. The molecular weight excluding hydrogens is 426 g/mol. The molecular formula is C13H15Br2NO4S. The molecule has 1 heterocycles. The first-order valence-electron chi connectivity index (χ1n) is 6.51. The number of hydrogen-bond donors (Lipinski definition) is 1. The monoisotopic (exact) mass is 439 g/mol. The minimum atomic E-state index is -3.70. The first kappa shape index (κ1) is 16.9. The van der Waals surface area contributed by atoms with E-state index in [1.807, 2.05) is 0 Å². The quantitative estimate of drug-likeness (QED) is 0.779. The molecule has 0 bridgehead atoms. The molecule has 116 valence electrons. The molecule has 1 aliphatic heterocycles. The molecule has 1 saturated heterocycles. The van der Waals surface area contributed by atoms with Crippen LogP contribution < -0.4 is 0 Å². The van der Waals surface area contributed by atoms with Crippen molar-refractivity contribution in [2.75, 3.05) is 6.54 Å². The van der Waals surface area contributed by atoms with Crippen LogP contribution in [0.3, 0.4) is 0 Å². The fourth-order valence-electron chi connectivity index (χ4n) is 2.51. The lowest BCUT2D eigenvalue weighted by molar-refractivity contribution is -0.138. The number of piperidine rings is 1. The van der Waals surface area contributed by atoms with Gasteiger partial charge in [0, 0.05) is 21.5 Å². The number of carboxylic acid groups (broad SMARTS) is 1. The molecule has 0 saturated carbocycles. The van der Waals surface area contributed by atoms with Gasteiger partial charge in [-0.15, -0.1) is 0 Å². The van der Waals surface area contributed by atoms with Crippen LogP contribution in [-0.4, -0.2) is 36.4 Å². The molecule has 1 N–H and O–H groups in total. The van der Waals surface area contributed by atoms with Crippen molar-refractivity contribution in [2.45, 2.75) is 36.6 Å². The number of halogens is 2. The summed E-state index contributed by atoms with van der Waals surface area (Å²) in [5.74, 6) is -0.975. The predicted molar refractivity (Wildman–Crippen MR) is 85.6 cm³/mol. The second-order valence-electron chi connectivity index (χ2n) is 4.94. The Hall–Kier alpha value is -0.440. The maximum absolute atomic E-state index is 12.8. The lowest BCUT2D eigenvalue weighted by Gasteiger charge is -2.34. The summed E-state index contributed by atoms with van der Waals surface area (Å²) >= 11 is 6.56. The van der Waals surface area contributed by atoms with Crippen molar-refractivity contribution in [3.63, 3.8) is 0 Å². The lowest BCUT2D eigenvalue weighted by Crippen LogP contribution is -2.44.